The van der Waals surface area contributed by atoms with E-state index in [1.54, 1.807) is 74.0 Å². The molecule has 0 unspecified atom stereocenters. The molecule has 0 heterocycles. The molecule has 1 aromatic carbocycles. The monoisotopic (exact) mass is 588 g/mol. The Morgan fingerprint density at radius 3 is 2.14 bits per heavy atom. The Hall–Kier alpha value is -4.02. The Labute approximate surface area is 250 Å². The topological polar surface area (TPSA) is 128 Å². The Balaban J connectivity index is 2.87. The molecule has 0 spiro atoms. The number of nitrogens with one attached hydrogen (secondary N) is 2. The van der Waals surface area contributed by atoms with Crippen molar-refractivity contribution in [2.75, 3.05) is 33.9 Å². The molecule has 3 amide bonds. The maximum atomic E-state index is 13.1. The van der Waals surface area contributed by atoms with Gasteiger partial charge in [0.05, 0.1) is 20.8 Å². The lowest BCUT2D eigenvalue weighted by Gasteiger charge is -2.28. The summed E-state index contributed by atoms with van der Waals surface area (Å²) in [4.78, 5) is 43.7. The number of methoxy groups -OCH3 is 2. The number of amides is 3. The van der Waals surface area contributed by atoms with E-state index in [1.165, 1.54) is 11.0 Å². The predicted octanol–water partition coefficient (Wildman–Crippen LogP) is 5.70. The molecule has 0 radical (unpaired) electrons. The molecule has 11 nitrogen and oxygen atoms in total. The summed E-state index contributed by atoms with van der Waals surface area (Å²) in [5.74, 6) is 0.973. The standard InChI is InChI=1S/C31H48N4O7/c1-22(2)17-20-35(29(38)42-31(6,7)8)27(34-28(37)41-30(3,4)5)33-19-12-11-18-32-26(36)16-14-23-13-15-24(39-9)25(21-23)40-10/h13-17,21H,11-12,18-20H2,1-10H3,(H,32,36)(H,33,34,37)/b16-14+. The molecular weight excluding hydrogens is 540 g/mol. The second-order valence-electron chi connectivity index (χ2n) is 11.7. The Morgan fingerprint density at radius 1 is 0.929 bits per heavy atom. The van der Waals surface area contributed by atoms with Gasteiger partial charge in [0.15, 0.2) is 11.5 Å². The van der Waals surface area contributed by atoms with Crippen LogP contribution in [0, 0.1) is 0 Å². The van der Waals surface area contributed by atoms with E-state index >= 15 is 0 Å². The van der Waals surface area contributed by atoms with Gasteiger partial charge in [0, 0.05) is 19.2 Å². The van der Waals surface area contributed by atoms with Crippen LogP contribution in [0.4, 0.5) is 9.59 Å². The van der Waals surface area contributed by atoms with Crippen molar-refractivity contribution in [2.45, 2.75) is 79.4 Å². The molecular formula is C31H48N4O7. The van der Waals surface area contributed by atoms with Gasteiger partial charge in [-0.1, -0.05) is 17.7 Å². The lowest BCUT2D eigenvalue weighted by Crippen LogP contribution is -2.50. The number of unbranched alkanes of at least 4 members (excludes halogenated alkanes) is 1. The van der Waals surface area contributed by atoms with Gasteiger partial charge < -0.3 is 24.3 Å². The highest BCUT2D eigenvalue weighted by Gasteiger charge is 2.27. The number of hydrogen-bond donors (Lipinski definition) is 2. The summed E-state index contributed by atoms with van der Waals surface area (Å²) >= 11 is 0. The van der Waals surface area contributed by atoms with Gasteiger partial charge in [-0.15, -0.1) is 0 Å². The first-order valence-electron chi connectivity index (χ1n) is 13.9. The fourth-order valence-electron chi connectivity index (χ4n) is 3.25. The molecule has 1 aromatic rings. The largest absolute Gasteiger partial charge is 0.493 e. The normalized spacial score (nSPS) is 11.9. The number of aliphatic imine (C=N–C) groups is 1. The first-order valence-corrected chi connectivity index (χ1v) is 13.9. The molecule has 0 atom stereocenters. The Kier molecular flexibility index (Phi) is 14.6. The van der Waals surface area contributed by atoms with Crippen molar-refractivity contribution < 1.29 is 33.3 Å². The molecule has 42 heavy (non-hydrogen) atoms. The number of alkyl carbamates (subject to hydrolysis) is 1. The summed E-state index contributed by atoms with van der Waals surface area (Å²) in [6.45, 7) is 15.2. The number of carbonyl (C=O) groups is 3. The van der Waals surface area contributed by atoms with Gasteiger partial charge in [-0.2, -0.15) is 0 Å². The van der Waals surface area contributed by atoms with Gasteiger partial charge in [0.2, 0.25) is 11.9 Å². The smallest absolute Gasteiger partial charge is 0.417 e. The Morgan fingerprint density at radius 2 is 1.57 bits per heavy atom. The molecule has 234 valence electrons. The number of carbonyl (C=O) groups excluding carboxylic acids is 3. The lowest BCUT2D eigenvalue weighted by atomic mass is 10.2. The number of benzene rings is 1. The SMILES string of the molecule is COc1ccc(/C=C/C(=O)NCCCCN=C(NC(=O)OC(C)(C)C)N(CC=C(C)C)C(=O)OC(C)(C)C)cc1OC. The van der Waals surface area contributed by atoms with E-state index in [9.17, 15) is 14.4 Å². The molecule has 11 heteroatoms. The van der Waals surface area contributed by atoms with E-state index in [-0.39, 0.29) is 25.0 Å². The van der Waals surface area contributed by atoms with Gasteiger partial charge in [-0.3, -0.25) is 15.1 Å². The first-order chi connectivity index (χ1) is 19.5. The van der Waals surface area contributed by atoms with Crippen LogP contribution in [0.25, 0.3) is 6.08 Å². The lowest BCUT2D eigenvalue weighted by molar-refractivity contribution is -0.116. The van der Waals surface area contributed by atoms with Crippen molar-refractivity contribution >= 4 is 30.1 Å². The molecule has 2 N–H and O–H groups in total. The van der Waals surface area contributed by atoms with Crippen LogP contribution in [0.5, 0.6) is 11.5 Å². The highest BCUT2D eigenvalue weighted by atomic mass is 16.6. The molecule has 0 saturated heterocycles. The third-order valence-electron chi connectivity index (χ3n) is 5.14. The minimum atomic E-state index is -0.747. The summed E-state index contributed by atoms with van der Waals surface area (Å²) < 4.78 is 21.5. The zero-order chi connectivity index (χ0) is 31.9. The number of hydrogen-bond acceptors (Lipinski definition) is 8. The van der Waals surface area contributed by atoms with Crippen LogP contribution >= 0.6 is 0 Å². The second-order valence-corrected chi connectivity index (χ2v) is 11.7. The first kappa shape index (κ1) is 36.0. The molecule has 0 fully saturated rings. The summed E-state index contributed by atoms with van der Waals surface area (Å²) in [5.41, 5.74) is 0.294. The summed E-state index contributed by atoms with van der Waals surface area (Å²) in [6.07, 6.45) is 4.80. The van der Waals surface area contributed by atoms with Gasteiger partial charge in [0.25, 0.3) is 0 Å². The van der Waals surface area contributed by atoms with Crippen LogP contribution < -0.4 is 20.1 Å². The van der Waals surface area contributed by atoms with E-state index in [4.69, 9.17) is 18.9 Å². The number of allylic oxidation sites excluding steroid dienone is 1. The van der Waals surface area contributed by atoms with Crippen molar-refractivity contribution in [3.05, 3.63) is 41.5 Å². The van der Waals surface area contributed by atoms with E-state index in [0.717, 1.165) is 11.1 Å². The molecule has 0 bridgehead atoms. The van der Waals surface area contributed by atoms with Crippen molar-refractivity contribution in [1.29, 1.82) is 0 Å². The van der Waals surface area contributed by atoms with Crippen LogP contribution in [-0.2, 0) is 14.3 Å². The summed E-state index contributed by atoms with van der Waals surface area (Å²) in [7, 11) is 3.11. The van der Waals surface area contributed by atoms with Crippen LogP contribution in [0.3, 0.4) is 0 Å². The summed E-state index contributed by atoms with van der Waals surface area (Å²) in [5, 5.41) is 5.45. The third-order valence-corrected chi connectivity index (χ3v) is 5.14. The number of rotatable bonds is 11. The highest BCUT2D eigenvalue weighted by molar-refractivity contribution is 6.01. The maximum Gasteiger partial charge on any atom is 0.417 e. The number of guanidine groups is 1. The van der Waals surface area contributed by atoms with E-state index in [0.29, 0.717) is 30.9 Å². The van der Waals surface area contributed by atoms with Crippen molar-refractivity contribution in [3.8, 4) is 11.5 Å². The highest BCUT2D eigenvalue weighted by Crippen LogP contribution is 2.27. The van der Waals surface area contributed by atoms with Crippen LogP contribution in [0.15, 0.2) is 40.9 Å². The fraction of sp³-hybridized carbons (Fsp3) is 0.548. The minimum Gasteiger partial charge on any atom is -0.493 e. The predicted molar refractivity (Wildman–Crippen MR) is 165 cm³/mol. The van der Waals surface area contributed by atoms with Gasteiger partial charge in [-0.05, 0) is 92.0 Å². The molecule has 0 aliphatic carbocycles. The molecule has 0 aliphatic heterocycles. The fourth-order valence-corrected chi connectivity index (χ4v) is 3.25. The quantitative estimate of drug-likeness (QED) is 0.112. The molecule has 0 aliphatic rings. The maximum absolute atomic E-state index is 13.1. The van der Waals surface area contributed by atoms with Gasteiger partial charge in [-0.25, -0.2) is 14.5 Å². The second kappa shape index (κ2) is 17.1. The Bertz CT molecular complexity index is 1140. The number of nitrogens with zero attached hydrogens (tertiary/aromatic N) is 2. The molecule has 0 saturated carbocycles. The van der Waals surface area contributed by atoms with Gasteiger partial charge in [0.1, 0.15) is 11.2 Å². The zero-order valence-corrected chi connectivity index (χ0v) is 26.8. The van der Waals surface area contributed by atoms with Crippen molar-refractivity contribution in [3.63, 3.8) is 0 Å². The van der Waals surface area contributed by atoms with E-state index in [1.807, 2.05) is 26.0 Å². The van der Waals surface area contributed by atoms with Crippen molar-refractivity contribution in [2.24, 2.45) is 4.99 Å². The molecule has 0 aromatic heterocycles. The average Bonchev–Trinajstić information content (AvgIpc) is 2.86. The molecule has 1 rings (SSSR count). The van der Waals surface area contributed by atoms with Crippen molar-refractivity contribution in [1.82, 2.24) is 15.5 Å². The minimum absolute atomic E-state index is 0.0258. The number of ether oxygens (including phenoxy) is 4. The average molecular weight is 589 g/mol. The van der Waals surface area contributed by atoms with Gasteiger partial charge >= 0.3 is 12.2 Å². The van der Waals surface area contributed by atoms with Crippen LogP contribution in [0.1, 0.15) is 73.8 Å². The zero-order valence-electron chi connectivity index (χ0n) is 26.8. The van der Waals surface area contributed by atoms with E-state index in [2.05, 4.69) is 15.6 Å². The third kappa shape index (κ3) is 15.1. The summed E-state index contributed by atoms with van der Waals surface area (Å²) in [6, 6.07) is 5.37. The van der Waals surface area contributed by atoms with E-state index < -0.39 is 23.4 Å². The van der Waals surface area contributed by atoms with Crippen LogP contribution in [-0.4, -0.2) is 74.0 Å². The van der Waals surface area contributed by atoms with Crippen LogP contribution in [0.2, 0.25) is 0 Å².